The normalized spacial score (nSPS) is 10.7. The van der Waals surface area contributed by atoms with Gasteiger partial charge in [0.2, 0.25) is 11.2 Å². The Labute approximate surface area is 133 Å². The quantitative estimate of drug-likeness (QED) is 0.687. The van der Waals surface area contributed by atoms with Gasteiger partial charge < -0.3 is 9.15 Å². The van der Waals surface area contributed by atoms with Gasteiger partial charge in [-0.05, 0) is 24.1 Å². The van der Waals surface area contributed by atoms with Gasteiger partial charge in [0.05, 0.1) is 5.39 Å². The average Bonchev–Trinajstić information content (AvgIpc) is 2.57. The molecule has 4 nitrogen and oxygen atoms in total. The molecule has 2 aromatic carbocycles. The van der Waals surface area contributed by atoms with Crippen molar-refractivity contribution in [3.8, 4) is 17.1 Å². The van der Waals surface area contributed by atoms with Crippen LogP contribution in [0.2, 0.25) is 0 Å². The van der Waals surface area contributed by atoms with Crippen LogP contribution >= 0.6 is 0 Å². The third kappa shape index (κ3) is 2.88. The summed E-state index contributed by atoms with van der Waals surface area (Å²) in [7, 11) is 0. The molecule has 0 bridgehead atoms. The van der Waals surface area contributed by atoms with Gasteiger partial charge >= 0.3 is 5.97 Å². The van der Waals surface area contributed by atoms with E-state index in [1.165, 1.54) is 6.92 Å². The molecule has 0 saturated carbocycles. The smallest absolute Gasteiger partial charge is 0.308 e. The van der Waals surface area contributed by atoms with Crippen molar-refractivity contribution in [2.75, 3.05) is 0 Å². The van der Waals surface area contributed by atoms with Gasteiger partial charge in [-0.3, -0.25) is 9.59 Å². The molecule has 0 N–H and O–H groups in total. The number of aryl methyl sites for hydroxylation is 1. The molecule has 4 heteroatoms. The van der Waals surface area contributed by atoms with Crippen molar-refractivity contribution in [1.29, 1.82) is 0 Å². The third-order valence-electron chi connectivity index (χ3n) is 3.60. The maximum Gasteiger partial charge on any atom is 0.308 e. The molecule has 1 heterocycles. The zero-order valence-electron chi connectivity index (χ0n) is 13.0. The van der Waals surface area contributed by atoms with E-state index in [0.717, 1.165) is 12.0 Å². The van der Waals surface area contributed by atoms with Crippen LogP contribution in [0.3, 0.4) is 0 Å². The first-order valence-corrected chi connectivity index (χ1v) is 7.43. The second kappa shape index (κ2) is 6.08. The van der Waals surface area contributed by atoms with Gasteiger partial charge in [0.25, 0.3) is 0 Å². The van der Waals surface area contributed by atoms with Crippen LogP contribution in [0.5, 0.6) is 5.75 Å². The first-order valence-electron chi connectivity index (χ1n) is 7.43. The van der Waals surface area contributed by atoms with Crippen molar-refractivity contribution >= 4 is 16.9 Å². The summed E-state index contributed by atoms with van der Waals surface area (Å²) in [5.74, 6) is -0.354. The second-order valence-electron chi connectivity index (χ2n) is 5.23. The highest BCUT2D eigenvalue weighted by atomic mass is 16.5. The van der Waals surface area contributed by atoms with E-state index in [4.69, 9.17) is 9.15 Å². The lowest BCUT2D eigenvalue weighted by Gasteiger charge is -2.10. The zero-order chi connectivity index (χ0) is 16.4. The lowest BCUT2D eigenvalue weighted by Crippen LogP contribution is -2.13. The Morgan fingerprint density at radius 3 is 2.52 bits per heavy atom. The maximum atomic E-state index is 12.8. The van der Waals surface area contributed by atoms with Crippen LogP contribution in [0.1, 0.15) is 19.4 Å². The topological polar surface area (TPSA) is 56.5 Å². The number of carbonyl (C=O) groups is 1. The first-order chi connectivity index (χ1) is 11.1. The van der Waals surface area contributed by atoms with E-state index in [-0.39, 0.29) is 16.9 Å². The fourth-order valence-corrected chi connectivity index (χ4v) is 2.46. The number of hydrogen-bond acceptors (Lipinski definition) is 4. The molecule has 0 radical (unpaired) electrons. The Kier molecular flexibility index (Phi) is 3.98. The molecule has 1 aromatic heterocycles. The van der Waals surface area contributed by atoms with Crippen molar-refractivity contribution in [3.63, 3.8) is 0 Å². The average molecular weight is 308 g/mol. The lowest BCUT2D eigenvalue weighted by atomic mass is 10.1. The van der Waals surface area contributed by atoms with Gasteiger partial charge in [0.1, 0.15) is 5.58 Å². The second-order valence-corrected chi connectivity index (χ2v) is 5.23. The minimum atomic E-state index is -0.555. The van der Waals surface area contributed by atoms with Crippen LogP contribution in [0.25, 0.3) is 22.3 Å². The lowest BCUT2D eigenvalue weighted by molar-refractivity contribution is -0.131. The van der Waals surface area contributed by atoms with E-state index < -0.39 is 5.97 Å². The molecule has 0 unspecified atom stereocenters. The molecule has 0 saturated heterocycles. The van der Waals surface area contributed by atoms with E-state index in [1.54, 1.807) is 24.3 Å². The van der Waals surface area contributed by atoms with E-state index in [2.05, 4.69) is 0 Å². The highest BCUT2D eigenvalue weighted by Crippen LogP contribution is 2.31. The predicted molar refractivity (Wildman–Crippen MR) is 88.6 cm³/mol. The number of hydrogen-bond donors (Lipinski definition) is 0. The molecule has 3 rings (SSSR count). The van der Waals surface area contributed by atoms with Crippen LogP contribution in [0.4, 0.5) is 0 Å². The fraction of sp³-hybridized carbons (Fsp3) is 0.158. The van der Waals surface area contributed by atoms with Gasteiger partial charge in [-0.25, -0.2) is 0 Å². The number of esters is 1. The summed E-state index contributed by atoms with van der Waals surface area (Å²) in [6, 6.07) is 14.6. The van der Waals surface area contributed by atoms with Crippen LogP contribution in [0.15, 0.2) is 57.7 Å². The molecule has 0 aliphatic carbocycles. The van der Waals surface area contributed by atoms with Crippen molar-refractivity contribution in [2.45, 2.75) is 20.3 Å². The highest BCUT2D eigenvalue weighted by Gasteiger charge is 2.19. The molecule has 116 valence electrons. The molecular formula is C19H16O4. The summed E-state index contributed by atoms with van der Waals surface area (Å²) in [5, 5.41) is 0.417. The molecule has 3 aromatic rings. The Morgan fingerprint density at radius 2 is 1.87 bits per heavy atom. The summed E-state index contributed by atoms with van der Waals surface area (Å²) < 4.78 is 11.0. The van der Waals surface area contributed by atoms with Gasteiger partial charge in [0, 0.05) is 12.5 Å². The molecule has 0 aliphatic heterocycles. The minimum absolute atomic E-state index is 0.0653. The molecule has 23 heavy (non-hydrogen) atoms. The molecule has 0 spiro atoms. The number of rotatable bonds is 3. The largest absolute Gasteiger partial charge is 0.452 e. The van der Waals surface area contributed by atoms with E-state index in [1.807, 2.05) is 31.2 Å². The summed E-state index contributed by atoms with van der Waals surface area (Å²) in [6.45, 7) is 3.27. The summed E-state index contributed by atoms with van der Waals surface area (Å²) in [5.41, 5.74) is 1.84. The number of carbonyl (C=O) groups excluding carboxylic acids is 1. The monoisotopic (exact) mass is 308 g/mol. The van der Waals surface area contributed by atoms with Crippen LogP contribution in [-0.2, 0) is 11.2 Å². The molecule has 0 aliphatic rings. The van der Waals surface area contributed by atoms with E-state index in [0.29, 0.717) is 16.5 Å². The van der Waals surface area contributed by atoms with E-state index >= 15 is 0 Å². The Balaban J connectivity index is 2.34. The third-order valence-corrected chi connectivity index (χ3v) is 3.60. The number of fused-ring (bicyclic) bond motifs is 1. The SMILES string of the molecule is CCc1ccc2oc(-c3ccccc3)c(OC(C)=O)c(=O)c2c1. The number of benzene rings is 2. The van der Waals surface area contributed by atoms with Gasteiger partial charge in [-0.2, -0.15) is 0 Å². The minimum Gasteiger partial charge on any atom is -0.452 e. The van der Waals surface area contributed by atoms with Crippen molar-refractivity contribution < 1.29 is 13.9 Å². The molecular weight excluding hydrogens is 292 g/mol. The molecule has 0 amide bonds. The highest BCUT2D eigenvalue weighted by molar-refractivity contribution is 5.84. The summed E-state index contributed by atoms with van der Waals surface area (Å²) in [6.07, 6.45) is 0.804. The predicted octanol–water partition coefficient (Wildman–Crippen LogP) is 3.95. The summed E-state index contributed by atoms with van der Waals surface area (Å²) in [4.78, 5) is 24.2. The van der Waals surface area contributed by atoms with Crippen molar-refractivity contribution in [2.24, 2.45) is 0 Å². The van der Waals surface area contributed by atoms with Crippen molar-refractivity contribution in [3.05, 3.63) is 64.3 Å². The van der Waals surface area contributed by atoms with Crippen molar-refractivity contribution in [1.82, 2.24) is 0 Å². The zero-order valence-corrected chi connectivity index (χ0v) is 13.0. The van der Waals surface area contributed by atoms with Crippen LogP contribution in [-0.4, -0.2) is 5.97 Å². The van der Waals surface area contributed by atoms with Gasteiger partial charge in [-0.15, -0.1) is 0 Å². The molecule has 0 atom stereocenters. The summed E-state index contributed by atoms with van der Waals surface area (Å²) >= 11 is 0. The van der Waals surface area contributed by atoms with E-state index in [9.17, 15) is 9.59 Å². The molecule has 0 fully saturated rings. The Hall–Kier alpha value is -2.88. The fourth-order valence-electron chi connectivity index (χ4n) is 2.46. The van der Waals surface area contributed by atoms with Gasteiger partial charge in [-0.1, -0.05) is 43.3 Å². The number of ether oxygens (including phenoxy) is 1. The van der Waals surface area contributed by atoms with Crippen LogP contribution < -0.4 is 10.2 Å². The first kappa shape index (κ1) is 15.0. The Morgan fingerprint density at radius 1 is 1.13 bits per heavy atom. The standard InChI is InChI=1S/C19H16O4/c1-3-13-9-10-16-15(11-13)17(21)19(22-12(2)20)18(23-16)14-7-5-4-6-8-14/h4-11H,3H2,1-2H3. The van der Waals surface area contributed by atoms with Crippen LogP contribution in [0, 0.1) is 0 Å². The maximum absolute atomic E-state index is 12.8. The Bertz CT molecular complexity index is 923. The van der Waals surface area contributed by atoms with Gasteiger partial charge in [0.15, 0.2) is 5.76 Å².